The van der Waals surface area contributed by atoms with Crippen LogP contribution in [-0.2, 0) is 9.53 Å². The fourth-order valence-electron chi connectivity index (χ4n) is 3.28. The summed E-state index contributed by atoms with van der Waals surface area (Å²) in [4.78, 5) is 14.6. The Morgan fingerprint density at radius 1 is 1.24 bits per heavy atom. The molecule has 1 aromatic rings. The number of nitrogens with zero attached hydrogens (tertiary/aromatic N) is 1. The first-order valence-electron chi connectivity index (χ1n) is 8.03. The summed E-state index contributed by atoms with van der Waals surface area (Å²) < 4.78 is 5.45. The van der Waals surface area contributed by atoms with Crippen LogP contribution >= 0.6 is 0 Å². The van der Waals surface area contributed by atoms with Crippen LogP contribution in [0.3, 0.4) is 0 Å². The van der Waals surface area contributed by atoms with E-state index in [0.717, 1.165) is 25.9 Å². The van der Waals surface area contributed by atoms with Crippen LogP contribution in [0, 0.1) is 0 Å². The van der Waals surface area contributed by atoms with Gasteiger partial charge in [-0.1, -0.05) is 30.3 Å². The van der Waals surface area contributed by atoms with Crippen molar-refractivity contribution in [1.29, 1.82) is 0 Å². The van der Waals surface area contributed by atoms with E-state index in [1.165, 1.54) is 18.4 Å². The van der Waals surface area contributed by atoms with E-state index in [-0.39, 0.29) is 18.1 Å². The predicted octanol–water partition coefficient (Wildman–Crippen LogP) is 2.12. The van der Waals surface area contributed by atoms with Gasteiger partial charge in [-0.25, -0.2) is 0 Å². The molecule has 4 nitrogen and oxygen atoms in total. The molecule has 1 amide bonds. The van der Waals surface area contributed by atoms with Gasteiger partial charge in [-0.15, -0.1) is 0 Å². The van der Waals surface area contributed by atoms with E-state index in [4.69, 9.17) is 4.74 Å². The topological polar surface area (TPSA) is 41.6 Å². The zero-order valence-corrected chi connectivity index (χ0v) is 12.5. The average molecular weight is 288 g/mol. The van der Waals surface area contributed by atoms with Crippen LogP contribution in [0.1, 0.15) is 37.3 Å². The first-order valence-corrected chi connectivity index (χ1v) is 8.03. The van der Waals surface area contributed by atoms with Gasteiger partial charge in [0.25, 0.3) is 0 Å². The highest BCUT2D eigenvalue weighted by Crippen LogP contribution is 2.24. The van der Waals surface area contributed by atoms with Crippen molar-refractivity contribution in [3.8, 4) is 0 Å². The summed E-state index contributed by atoms with van der Waals surface area (Å²) in [5.74, 6) is 0.0487. The van der Waals surface area contributed by atoms with Crippen molar-refractivity contribution in [2.24, 2.45) is 0 Å². The lowest BCUT2D eigenvalue weighted by atomic mass is 10.1. The number of carbonyl (C=O) groups is 1. The van der Waals surface area contributed by atoms with E-state index in [1.807, 2.05) is 6.07 Å². The maximum absolute atomic E-state index is 12.1. The van der Waals surface area contributed by atoms with Crippen molar-refractivity contribution >= 4 is 5.91 Å². The number of nitrogens with one attached hydrogen (secondary N) is 1. The molecule has 1 N–H and O–H groups in total. The molecule has 0 saturated carbocycles. The molecule has 21 heavy (non-hydrogen) atoms. The fraction of sp³-hybridized carbons (Fsp3) is 0.588. The highest BCUT2D eigenvalue weighted by Gasteiger charge is 2.27. The molecule has 2 saturated heterocycles. The lowest BCUT2D eigenvalue weighted by Crippen LogP contribution is -2.40. The van der Waals surface area contributed by atoms with Crippen molar-refractivity contribution in [1.82, 2.24) is 10.2 Å². The Bertz CT molecular complexity index is 451. The lowest BCUT2D eigenvalue weighted by Gasteiger charge is -2.28. The SMILES string of the molecule is O=C(NCC(c1ccccc1)N1CCCC1)C1CCCO1. The number of benzene rings is 1. The minimum atomic E-state index is -0.236. The third-order valence-electron chi connectivity index (χ3n) is 4.46. The second-order valence-corrected chi connectivity index (χ2v) is 5.92. The monoisotopic (exact) mass is 288 g/mol. The van der Waals surface area contributed by atoms with Gasteiger partial charge in [-0.05, 0) is 44.3 Å². The molecule has 4 heteroatoms. The van der Waals surface area contributed by atoms with Crippen LogP contribution in [0.25, 0.3) is 0 Å². The summed E-state index contributed by atoms with van der Waals surface area (Å²) >= 11 is 0. The van der Waals surface area contributed by atoms with Gasteiger partial charge in [0.2, 0.25) is 5.91 Å². The van der Waals surface area contributed by atoms with Gasteiger partial charge >= 0.3 is 0 Å². The van der Waals surface area contributed by atoms with Crippen molar-refractivity contribution in [2.75, 3.05) is 26.2 Å². The summed E-state index contributed by atoms with van der Waals surface area (Å²) in [5, 5.41) is 3.09. The molecule has 0 spiro atoms. The normalized spacial score (nSPS) is 24.1. The molecule has 3 rings (SSSR count). The van der Waals surface area contributed by atoms with E-state index in [9.17, 15) is 4.79 Å². The number of ether oxygens (including phenoxy) is 1. The maximum atomic E-state index is 12.1. The summed E-state index contributed by atoms with van der Waals surface area (Å²) in [6.07, 6.45) is 4.11. The van der Waals surface area contributed by atoms with Gasteiger partial charge in [0, 0.05) is 13.2 Å². The molecule has 0 aromatic heterocycles. The summed E-state index contributed by atoms with van der Waals surface area (Å²) in [5.41, 5.74) is 1.28. The largest absolute Gasteiger partial charge is 0.368 e. The first kappa shape index (κ1) is 14.5. The molecule has 0 bridgehead atoms. The van der Waals surface area contributed by atoms with Gasteiger partial charge in [0.1, 0.15) is 6.10 Å². The van der Waals surface area contributed by atoms with Crippen LogP contribution in [0.4, 0.5) is 0 Å². The Morgan fingerprint density at radius 2 is 2.00 bits per heavy atom. The van der Waals surface area contributed by atoms with Gasteiger partial charge in [-0.2, -0.15) is 0 Å². The number of likely N-dealkylation sites (tertiary alicyclic amines) is 1. The molecule has 2 atom stereocenters. The van der Waals surface area contributed by atoms with Crippen molar-refractivity contribution in [3.05, 3.63) is 35.9 Å². The van der Waals surface area contributed by atoms with E-state index >= 15 is 0 Å². The van der Waals surface area contributed by atoms with Crippen molar-refractivity contribution < 1.29 is 9.53 Å². The highest BCUT2D eigenvalue weighted by atomic mass is 16.5. The number of hydrogen-bond acceptors (Lipinski definition) is 3. The second kappa shape index (κ2) is 7.05. The molecule has 2 unspecified atom stereocenters. The summed E-state index contributed by atoms with van der Waals surface area (Å²) in [7, 11) is 0. The van der Waals surface area contributed by atoms with Crippen LogP contribution < -0.4 is 5.32 Å². The second-order valence-electron chi connectivity index (χ2n) is 5.92. The zero-order chi connectivity index (χ0) is 14.5. The van der Waals surface area contributed by atoms with E-state index < -0.39 is 0 Å². The molecule has 1 aromatic carbocycles. The van der Waals surface area contributed by atoms with Gasteiger partial charge < -0.3 is 10.1 Å². The van der Waals surface area contributed by atoms with Crippen LogP contribution in [-0.4, -0.2) is 43.2 Å². The third-order valence-corrected chi connectivity index (χ3v) is 4.46. The molecule has 2 heterocycles. The van der Waals surface area contributed by atoms with Crippen LogP contribution in [0.5, 0.6) is 0 Å². The molecule has 2 aliphatic rings. The van der Waals surface area contributed by atoms with E-state index in [0.29, 0.717) is 13.2 Å². The average Bonchev–Trinajstić information content (AvgIpc) is 3.22. The Kier molecular flexibility index (Phi) is 4.88. The van der Waals surface area contributed by atoms with Crippen molar-refractivity contribution in [3.63, 3.8) is 0 Å². The number of carbonyl (C=O) groups excluding carboxylic acids is 1. The van der Waals surface area contributed by atoms with Gasteiger partial charge in [0.05, 0.1) is 6.04 Å². The predicted molar refractivity (Wildman–Crippen MR) is 82.0 cm³/mol. The molecule has 0 aliphatic carbocycles. The first-order chi connectivity index (χ1) is 10.3. The van der Waals surface area contributed by atoms with E-state index in [1.54, 1.807) is 0 Å². The molecule has 114 valence electrons. The van der Waals surface area contributed by atoms with Crippen LogP contribution in [0.15, 0.2) is 30.3 Å². The molecule has 0 radical (unpaired) electrons. The standard InChI is InChI=1S/C17H24N2O2/c20-17(16-9-6-12-21-16)18-13-15(19-10-4-5-11-19)14-7-2-1-3-8-14/h1-3,7-8,15-16H,4-6,9-13H2,(H,18,20). The Morgan fingerprint density at radius 3 is 2.67 bits per heavy atom. The maximum Gasteiger partial charge on any atom is 0.249 e. The summed E-state index contributed by atoms with van der Waals surface area (Å²) in [6.45, 7) is 3.62. The third kappa shape index (κ3) is 3.63. The zero-order valence-electron chi connectivity index (χ0n) is 12.5. The number of hydrogen-bond donors (Lipinski definition) is 1. The Hall–Kier alpha value is -1.39. The quantitative estimate of drug-likeness (QED) is 0.902. The molecular weight excluding hydrogens is 264 g/mol. The highest BCUT2D eigenvalue weighted by molar-refractivity contribution is 5.81. The van der Waals surface area contributed by atoms with Gasteiger partial charge in [0.15, 0.2) is 0 Å². The minimum absolute atomic E-state index is 0.0487. The van der Waals surface area contributed by atoms with Crippen LogP contribution in [0.2, 0.25) is 0 Å². The van der Waals surface area contributed by atoms with Gasteiger partial charge in [-0.3, -0.25) is 9.69 Å². The number of rotatable bonds is 5. The fourth-order valence-corrected chi connectivity index (χ4v) is 3.28. The minimum Gasteiger partial charge on any atom is -0.368 e. The molecule has 2 aliphatic heterocycles. The lowest BCUT2D eigenvalue weighted by molar-refractivity contribution is -0.130. The Labute approximate surface area is 126 Å². The molecular formula is C17H24N2O2. The number of amides is 1. The molecule has 2 fully saturated rings. The smallest absolute Gasteiger partial charge is 0.249 e. The Balaban J connectivity index is 1.63. The van der Waals surface area contributed by atoms with E-state index in [2.05, 4.69) is 34.5 Å². The van der Waals surface area contributed by atoms with Crippen molar-refractivity contribution in [2.45, 2.75) is 37.8 Å². The summed E-state index contributed by atoms with van der Waals surface area (Å²) in [6, 6.07) is 10.8.